The molecule has 1 aromatic rings. The molecular formula is C22H30BrN2OSi+. The highest BCUT2D eigenvalue weighted by Crippen LogP contribution is 2.35. The van der Waals surface area contributed by atoms with E-state index in [2.05, 4.69) is 82.1 Å². The molecule has 27 heavy (non-hydrogen) atoms. The third-order valence-corrected chi connectivity index (χ3v) is 5.86. The zero-order valence-corrected chi connectivity index (χ0v) is 19.8. The lowest BCUT2D eigenvalue weighted by Crippen LogP contribution is -2.16. The number of rotatable bonds is 5. The molecule has 0 heterocycles. The van der Waals surface area contributed by atoms with Crippen LogP contribution in [-0.4, -0.2) is 27.2 Å². The molecule has 0 bridgehead atoms. The van der Waals surface area contributed by atoms with E-state index in [4.69, 9.17) is 4.74 Å². The molecule has 1 saturated carbocycles. The maximum atomic E-state index is 6.12. The summed E-state index contributed by atoms with van der Waals surface area (Å²) < 4.78 is 11.6. The molecule has 0 unspecified atom stereocenters. The molecule has 1 N–H and O–H groups in total. The fourth-order valence-electron chi connectivity index (χ4n) is 2.40. The van der Waals surface area contributed by atoms with Gasteiger partial charge in [-0.1, -0.05) is 43.2 Å². The van der Waals surface area contributed by atoms with E-state index < -0.39 is 8.07 Å². The SMILES string of the molecule is CCC=[N+]=C(OC(C)=C(Br)c1ccc(C#C[Si](C)(C)C)cc1NC)C1CC1. The summed E-state index contributed by atoms with van der Waals surface area (Å²) in [6, 6.07) is 6.25. The number of halogens is 1. The van der Waals surface area contributed by atoms with E-state index in [0.717, 1.165) is 52.2 Å². The molecule has 144 valence electrons. The zero-order chi connectivity index (χ0) is 20.0. The molecule has 0 amide bonds. The summed E-state index contributed by atoms with van der Waals surface area (Å²) in [4.78, 5) is 0. The minimum Gasteiger partial charge on any atom is -0.399 e. The van der Waals surface area contributed by atoms with E-state index >= 15 is 0 Å². The first-order valence-electron chi connectivity index (χ1n) is 9.54. The third-order valence-electron chi connectivity index (χ3n) is 4.00. The number of nitrogens with one attached hydrogen (secondary N) is 1. The van der Waals surface area contributed by atoms with Gasteiger partial charge >= 0.3 is 5.90 Å². The summed E-state index contributed by atoms with van der Waals surface area (Å²) in [5, 5.41) is 3.28. The van der Waals surface area contributed by atoms with E-state index in [1.165, 1.54) is 0 Å². The van der Waals surface area contributed by atoms with Gasteiger partial charge in [-0.15, -0.1) is 5.54 Å². The smallest absolute Gasteiger partial charge is 0.399 e. The van der Waals surface area contributed by atoms with Crippen molar-refractivity contribution in [2.75, 3.05) is 12.4 Å². The number of anilines is 1. The van der Waals surface area contributed by atoms with Crippen LogP contribution in [0.4, 0.5) is 5.69 Å². The van der Waals surface area contributed by atoms with Crippen LogP contribution in [-0.2, 0) is 4.74 Å². The number of benzene rings is 1. The van der Waals surface area contributed by atoms with Gasteiger partial charge in [-0.05, 0) is 47.8 Å². The van der Waals surface area contributed by atoms with Crippen LogP contribution in [0.15, 0.2) is 24.0 Å². The van der Waals surface area contributed by atoms with Crippen LogP contribution in [0.25, 0.3) is 4.48 Å². The van der Waals surface area contributed by atoms with Crippen LogP contribution in [0.3, 0.4) is 0 Å². The monoisotopic (exact) mass is 445 g/mol. The van der Waals surface area contributed by atoms with Crippen molar-refractivity contribution in [3.63, 3.8) is 0 Å². The van der Waals surface area contributed by atoms with Crippen molar-refractivity contribution < 1.29 is 4.74 Å². The summed E-state index contributed by atoms with van der Waals surface area (Å²) in [6.07, 6.45) is 5.15. The van der Waals surface area contributed by atoms with Crippen LogP contribution >= 0.6 is 15.9 Å². The predicted molar refractivity (Wildman–Crippen MR) is 125 cm³/mol. The first-order valence-corrected chi connectivity index (χ1v) is 13.8. The van der Waals surface area contributed by atoms with Crippen molar-refractivity contribution in [2.45, 2.75) is 52.8 Å². The van der Waals surface area contributed by atoms with Crippen molar-refractivity contribution in [1.82, 2.24) is 4.67 Å². The van der Waals surface area contributed by atoms with Crippen molar-refractivity contribution >= 4 is 46.3 Å². The molecule has 2 rings (SSSR count). The van der Waals surface area contributed by atoms with Crippen molar-refractivity contribution in [1.29, 1.82) is 0 Å². The summed E-state index contributed by atoms with van der Waals surface area (Å²) in [7, 11) is 0.537. The third kappa shape index (κ3) is 6.73. The van der Waals surface area contributed by atoms with Crippen LogP contribution in [0.1, 0.15) is 44.2 Å². The highest BCUT2D eigenvalue weighted by Gasteiger charge is 2.38. The maximum absolute atomic E-state index is 6.12. The Morgan fingerprint density at radius 3 is 2.63 bits per heavy atom. The van der Waals surface area contributed by atoms with E-state index in [1.807, 2.05) is 20.2 Å². The molecule has 0 aliphatic heterocycles. The highest BCUT2D eigenvalue weighted by atomic mass is 79.9. The van der Waals surface area contributed by atoms with Crippen LogP contribution in [0.5, 0.6) is 0 Å². The van der Waals surface area contributed by atoms with Gasteiger partial charge in [0.2, 0.25) is 0 Å². The second-order valence-corrected chi connectivity index (χ2v) is 13.4. The first-order chi connectivity index (χ1) is 12.7. The van der Waals surface area contributed by atoms with Gasteiger partial charge < -0.3 is 10.1 Å². The first kappa shape index (κ1) is 21.6. The Hall–Kier alpha value is -1.73. The van der Waals surface area contributed by atoms with Gasteiger partial charge in [-0.25, -0.2) is 0 Å². The van der Waals surface area contributed by atoms with E-state index in [1.54, 1.807) is 0 Å². The molecular weight excluding hydrogens is 416 g/mol. The highest BCUT2D eigenvalue weighted by molar-refractivity contribution is 9.15. The number of hydrogen-bond acceptors (Lipinski definition) is 2. The fourth-order valence-corrected chi connectivity index (χ4v) is 3.34. The Morgan fingerprint density at radius 1 is 1.37 bits per heavy atom. The second kappa shape index (κ2) is 9.46. The van der Waals surface area contributed by atoms with Gasteiger partial charge in [0.05, 0.1) is 4.48 Å². The Balaban J connectivity index is 2.33. The van der Waals surface area contributed by atoms with Crippen molar-refractivity contribution in [3.8, 4) is 11.5 Å². The Labute approximate surface area is 173 Å². The average Bonchev–Trinajstić information content (AvgIpc) is 3.46. The normalized spacial score (nSPS) is 14.3. The lowest BCUT2D eigenvalue weighted by molar-refractivity contribution is 0.404. The van der Waals surface area contributed by atoms with Crippen molar-refractivity contribution in [2.24, 2.45) is 5.92 Å². The van der Waals surface area contributed by atoms with Crippen molar-refractivity contribution in [3.05, 3.63) is 35.1 Å². The molecule has 0 aromatic heterocycles. The summed E-state index contributed by atoms with van der Waals surface area (Å²) in [5.41, 5.74) is 6.53. The lowest BCUT2D eigenvalue weighted by Gasteiger charge is -2.12. The van der Waals surface area contributed by atoms with E-state index in [0.29, 0.717) is 5.92 Å². The van der Waals surface area contributed by atoms with Gasteiger partial charge in [0, 0.05) is 30.3 Å². The zero-order valence-electron chi connectivity index (χ0n) is 17.2. The van der Waals surface area contributed by atoms with Gasteiger partial charge in [-0.2, -0.15) is 0 Å². The van der Waals surface area contributed by atoms with E-state index in [-0.39, 0.29) is 0 Å². The molecule has 1 aliphatic rings. The molecule has 0 saturated heterocycles. The minimum absolute atomic E-state index is 0.464. The van der Waals surface area contributed by atoms with Crippen LogP contribution in [0, 0.1) is 17.4 Å². The summed E-state index contributed by atoms with van der Waals surface area (Å²) >= 11 is 3.72. The molecule has 0 radical (unpaired) electrons. The molecule has 1 aliphatic carbocycles. The van der Waals surface area contributed by atoms with Gasteiger partial charge in [0.1, 0.15) is 19.8 Å². The lowest BCUT2D eigenvalue weighted by atomic mass is 10.1. The molecule has 1 aromatic carbocycles. The summed E-state index contributed by atoms with van der Waals surface area (Å²) in [6.45, 7) is 10.8. The summed E-state index contributed by atoms with van der Waals surface area (Å²) in [5.74, 6) is 5.43. The average molecular weight is 446 g/mol. The van der Waals surface area contributed by atoms with Gasteiger partial charge in [0.25, 0.3) is 6.21 Å². The number of allylic oxidation sites excluding steroid dienone is 1. The van der Waals surface area contributed by atoms with E-state index in [9.17, 15) is 0 Å². The van der Waals surface area contributed by atoms with Gasteiger partial charge in [-0.3, -0.25) is 0 Å². The maximum Gasteiger partial charge on any atom is 0.469 e. The Bertz CT molecular complexity index is 845. The fraction of sp³-hybridized carbons (Fsp3) is 0.455. The largest absolute Gasteiger partial charge is 0.469 e. The number of ether oxygens (including phenoxy) is 1. The second-order valence-electron chi connectivity index (χ2n) is 7.82. The van der Waals surface area contributed by atoms with Gasteiger partial charge in [0.15, 0.2) is 0 Å². The molecule has 1 fully saturated rings. The Kier molecular flexibility index (Phi) is 7.56. The quantitative estimate of drug-likeness (QED) is 0.164. The van der Waals surface area contributed by atoms with Crippen LogP contribution < -0.4 is 9.98 Å². The van der Waals surface area contributed by atoms with Crippen LogP contribution in [0.2, 0.25) is 19.6 Å². The topological polar surface area (TPSA) is 35.4 Å². The molecule has 5 heteroatoms. The molecule has 3 nitrogen and oxygen atoms in total. The Morgan fingerprint density at radius 2 is 2.07 bits per heavy atom. The molecule has 0 spiro atoms. The standard InChI is InChI=1S/C22H30BrN2OSi/c1-7-13-25-22(18-9-10-18)26-16(2)21(23)19-11-8-17(15-20(19)24-3)12-14-27(4,5)6/h8,11,13,15,18,24H,7,9-10H2,1-6H3/q+1. The number of hydrogen-bond donors (Lipinski definition) is 1. The molecule has 0 atom stereocenters. The number of nitrogens with zero attached hydrogens (tertiary/aromatic N) is 1. The predicted octanol–water partition coefficient (Wildman–Crippen LogP) is 5.41. The minimum atomic E-state index is -1.39.